The molecule has 92 valence electrons. The second kappa shape index (κ2) is 4.28. The van der Waals surface area contributed by atoms with E-state index in [9.17, 15) is 0 Å². The Morgan fingerprint density at radius 3 is 1.94 bits per heavy atom. The molecule has 2 aliphatic heterocycles. The summed E-state index contributed by atoms with van der Waals surface area (Å²) < 4.78 is 0. The lowest BCUT2D eigenvalue weighted by atomic mass is 10.0. The van der Waals surface area contributed by atoms with Gasteiger partial charge in [0.05, 0.1) is 0 Å². The van der Waals surface area contributed by atoms with E-state index in [1.54, 1.807) is 0 Å². The quantitative estimate of drug-likeness (QED) is 0.660. The van der Waals surface area contributed by atoms with Gasteiger partial charge >= 0.3 is 0 Å². The fourth-order valence-corrected chi connectivity index (χ4v) is 3.89. The van der Waals surface area contributed by atoms with E-state index >= 15 is 0 Å². The van der Waals surface area contributed by atoms with Crippen molar-refractivity contribution in [3.63, 3.8) is 0 Å². The lowest BCUT2D eigenvalue weighted by Crippen LogP contribution is -2.52. The standard InChI is InChI=1S/C13H25N3/c1-11-7-12-9-16(10-13(12)8-11)15-5-3-14(2)4-6-15/h11-13H,3-10H2,1-2H3/t11?,12-,13+. The van der Waals surface area contributed by atoms with E-state index in [0.29, 0.717) is 0 Å². The van der Waals surface area contributed by atoms with Gasteiger partial charge < -0.3 is 4.90 Å². The zero-order valence-corrected chi connectivity index (χ0v) is 10.7. The van der Waals surface area contributed by atoms with Gasteiger partial charge in [-0.15, -0.1) is 0 Å². The van der Waals surface area contributed by atoms with Crippen LogP contribution in [0.5, 0.6) is 0 Å². The molecule has 3 heteroatoms. The second-order valence-electron chi connectivity index (χ2n) is 6.23. The molecule has 3 fully saturated rings. The van der Waals surface area contributed by atoms with Gasteiger partial charge in [0.2, 0.25) is 0 Å². The number of hydrogen-bond acceptors (Lipinski definition) is 3. The lowest BCUT2D eigenvalue weighted by molar-refractivity contribution is -0.0420. The fourth-order valence-electron chi connectivity index (χ4n) is 3.89. The average Bonchev–Trinajstić information content (AvgIpc) is 2.75. The molecule has 0 N–H and O–H groups in total. The van der Waals surface area contributed by atoms with Gasteiger partial charge in [-0.2, -0.15) is 0 Å². The molecule has 2 heterocycles. The average molecular weight is 223 g/mol. The smallest absolute Gasteiger partial charge is 0.0261 e. The van der Waals surface area contributed by atoms with Crippen LogP contribution in [0.4, 0.5) is 0 Å². The molecule has 0 bridgehead atoms. The first-order chi connectivity index (χ1) is 7.72. The van der Waals surface area contributed by atoms with Crippen LogP contribution < -0.4 is 0 Å². The Kier molecular flexibility index (Phi) is 2.94. The van der Waals surface area contributed by atoms with Crippen LogP contribution in [0.25, 0.3) is 0 Å². The molecule has 0 amide bonds. The normalized spacial score (nSPS) is 42.8. The predicted octanol–water partition coefficient (Wildman–Crippen LogP) is 1.13. The Morgan fingerprint density at radius 2 is 1.38 bits per heavy atom. The van der Waals surface area contributed by atoms with Gasteiger partial charge in [-0.05, 0) is 37.6 Å². The molecular weight excluding hydrogens is 198 g/mol. The van der Waals surface area contributed by atoms with Crippen LogP contribution in [-0.2, 0) is 0 Å². The SMILES string of the molecule is CC1C[C@@H]2CN(N3CCN(C)CC3)C[C@@H]2C1. The summed E-state index contributed by atoms with van der Waals surface area (Å²) in [7, 11) is 2.23. The maximum absolute atomic E-state index is 2.66. The summed E-state index contributed by atoms with van der Waals surface area (Å²) in [4.78, 5) is 2.44. The summed E-state index contributed by atoms with van der Waals surface area (Å²) in [5.74, 6) is 3.01. The van der Waals surface area contributed by atoms with Crippen molar-refractivity contribution in [2.75, 3.05) is 46.3 Å². The van der Waals surface area contributed by atoms with Gasteiger partial charge in [0, 0.05) is 39.3 Å². The van der Waals surface area contributed by atoms with Gasteiger partial charge in [0.15, 0.2) is 0 Å². The van der Waals surface area contributed by atoms with E-state index in [2.05, 4.69) is 28.9 Å². The minimum Gasteiger partial charge on any atom is -0.304 e. The van der Waals surface area contributed by atoms with Crippen molar-refractivity contribution in [2.45, 2.75) is 19.8 Å². The molecule has 0 radical (unpaired) electrons. The number of likely N-dealkylation sites (N-methyl/N-ethyl adjacent to an activating group) is 1. The molecule has 2 saturated heterocycles. The van der Waals surface area contributed by atoms with E-state index in [1.807, 2.05) is 0 Å². The molecule has 0 aromatic heterocycles. The van der Waals surface area contributed by atoms with Crippen molar-refractivity contribution in [3.05, 3.63) is 0 Å². The number of nitrogens with zero attached hydrogens (tertiary/aromatic N) is 3. The molecule has 0 spiro atoms. The zero-order chi connectivity index (χ0) is 11.1. The molecule has 0 aromatic carbocycles. The monoisotopic (exact) mass is 223 g/mol. The van der Waals surface area contributed by atoms with E-state index in [4.69, 9.17) is 0 Å². The van der Waals surface area contributed by atoms with Crippen molar-refractivity contribution in [2.24, 2.45) is 17.8 Å². The van der Waals surface area contributed by atoms with E-state index in [0.717, 1.165) is 17.8 Å². The number of hydrazine groups is 1. The van der Waals surface area contributed by atoms with Crippen LogP contribution in [0.2, 0.25) is 0 Å². The maximum Gasteiger partial charge on any atom is 0.0261 e. The summed E-state index contributed by atoms with van der Waals surface area (Å²) in [5.41, 5.74) is 0. The predicted molar refractivity (Wildman–Crippen MR) is 66.0 cm³/mol. The highest BCUT2D eigenvalue weighted by atomic mass is 15.6. The third kappa shape index (κ3) is 2.01. The van der Waals surface area contributed by atoms with Crippen molar-refractivity contribution in [1.29, 1.82) is 0 Å². The van der Waals surface area contributed by atoms with Gasteiger partial charge in [-0.1, -0.05) is 6.92 Å². The summed E-state index contributed by atoms with van der Waals surface area (Å²) in [6, 6.07) is 0. The van der Waals surface area contributed by atoms with Crippen LogP contribution in [0, 0.1) is 17.8 Å². The van der Waals surface area contributed by atoms with Crippen LogP contribution in [0.15, 0.2) is 0 Å². The second-order valence-corrected chi connectivity index (χ2v) is 6.23. The molecule has 1 aliphatic carbocycles. The fraction of sp³-hybridized carbons (Fsp3) is 1.00. The van der Waals surface area contributed by atoms with Crippen LogP contribution in [-0.4, -0.2) is 61.2 Å². The van der Waals surface area contributed by atoms with Crippen LogP contribution >= 0.6 is 0 Å². The number of rotatable bonds is 1. The molecule has 3 nitrogen and oxygen atoms in total. The summed E-state index contributed by atoms with van der Waals surface area (Å²) >= 11 is 0. The van der Waals surface area contributed by atoms with Crippen LogP contribution in [0.3, 0.4) is 0 Å². The number of piperazine rings is 1. The Hall–Kier alpha value is -0.120. The molecule has 1 unspecified atom stereocenters. The lowest BCUT2D eigenvalue weighted by Gasteiger charge is -2.38. The minimum absolute atomic E-state index is 0.990. The van der Waals surface area contributed by atoms with E-state index in [1.165, 1.54) is 52.1 Å². The highest BCUT2D eigenvalue weighted by Gasteiger charge is 2.41. The highest BCUT2D eigenvalue weighted by molar-refractivity contribution is 4.90. The Labute approximate surface area is 99.4 Å². The molecule has 3 atom stereocenters. The first kappa shape index (κ1) is 11.0. The van der Waals surface area contributed by atoms with Crippen molar-refractivity contribution >= 4 is 0 Å². The van der Waals surface area contributed by atoms with Gasteiger partial charge in [-0.25, -0.2) is 10.0 Å². The van der Waals surface area contributed by atoms with Crippen molar-refractivity contribution < 1.29 is 0 Å². The number of fused-ring (bicyclic) bond motifs is 1. The Balaban J connectivity index is 1.55. The highest BCUT2D eigenvalue weighted by Crippen LogP contribution is 2.41. The summed E-state index contributed by atoms with van der Waals surface area (Å²) in [6.45, 7) is 10.1. The zero-order valence-electron chi connectivity index (χ0n) is 10.7. The van der Waals surface area contributed by atoms with Crippen molar-refractivity contribution in [1.82, 2.24) is 14.9 Å². The molecular formula is C13H25N3. The third-order valence-electron chi connectivity index (χ3n) is 4.85. The van der Waals surface area contributed by atoms with Gasteiger partial charge in [0.25, 0.3) is 0 Å². The van der Waals surface area contributed by atoms with E-state index in [-0.39, 0.29) is 0 Å². The molecule has 3 aliphatic rings. The maximum atomic E-state index is 2.66. The molecule has 3 rings (SSSR count). The first-order valence-corrected chi connectivity index (χ1v) is 6.90. The topological polar surface area (TPSA) is 9.72 Å². The van der Waals surface area contributed by atoms with E-state index < -0.39 is 0 Å². The number of hydrogen-bond donors (Lipinski definition) is 0. The van der Waals surface area contributed by atoms with Gasteiger partial charge in [0.1, 0.15) is 0 Å². The molecule has 1 saturated carbocycles. The van der Waals surface area contributed by atoms with Crippen molar-refractivity contribution in [3.8, 4) is 0 Å². The minimum atomic E-state index is 0.990. The Bertz CT molecular complexity index is 234. The molecule has 0 aromatic rings. The largest absolute Gasteiger partial charge is 0.304 e. The third-order valence-corrected chi connectivity index (χ3v) is 4.85. The first-order valence-electron chi connectivity index (χ1n) is 6.90. The summed E-state index contributed by atoms with van der Waals surface area (Å²) in [6.07, 6.45) is 2.96. The van der Waals surface area contributed by atoms with Crippen LogP contribution in [0.1, 0.15) is 19.8 Å². The summed E-state index contributed by atoms with van der Waals surface area (Å²) in [5, 5.41) is 5.28. The Morgan fingerprint density at radius 1 is 0.812 bits per heavy atom. The van der Waals surface area contributed by atoms with Gasteiger partial charge in [-0.3, -0.25) is 0 Å². The molecule has 16 heavy (non-hydrogen) atoms.